The summed E-state index contributed by atoms with van der Waals surface area (Å²) in [7, 11) is -4.09. The first-order chi connectivity index (χ1) is 12.2. The highest BCUT2D eigenvalue weighted by molar-refractivity contribution is 7.87. The number of hydrogen-bond acceptors (Lipinski definition) is 4. The van der Waals surface area contributed by atoms with Gasteiger partial charge in [0.05, 0.1) is 10.0 Å². The van der Waals surface area contributed by atoms with Gasteiger partial charge in [0.1, 0.15) is 10.4 Å². The highest BCUT2D eigenvalue weighted by Crippen LogP contribution is 2.38. The zero-order valence-electron chi connectivity index (χ0n) is 14.5. The Balaban J connectivity index is 2.15. The van der Waals surface area contributed by atoms with Gasteiger partial charge in [-0.1, -0.05) is 49.2 Å². The van der Waals surface area contributed by atoms with Crippen molar-refractivity contribution in [2.75, 3.05) is 0 Å². The van der Waals surface area contributed by atoms with Gasteiger partial charge in [0.15, 0.2) is 5.75 Å². The molecule has 0 aliphatic heterocycles. The van der Waals surface area contributed by atoms with Gasteiger partial charge >= 0.3 is 10.1 Å². The van der Waals surface area contributed by atoms with Crippen molar-refractivity contribution in [1.82, 2.24) is 4.98 Å². The first-order valence-electron chi connectivity index (χ1n) is 7.98. The van der Waals surface area contributed by atoms with Gasteiger partial charge in [-0.15, -0.1) is 0 Å². The Morgan fingerprint density at radius 3 is 2.50 bits per heavy atom. The lowest BCUT2D eigenvalue weighted by Gasteiger charge is -2.14. The number of rotatable bonds is 4. The van der Waals surface area contributed by atoms with Crippen LogP contribution in [-0.4, -0.2) is 13.4 Å². The van der Waals surface area contributed by atoms with E-state index in [1.165, 1.54) is 12.3 Å². The fourth-order valence-corrected chi connectivity index (χ4v) is 4.45. The zero-order chi connectivity index (χ0) is 19.1. The van der Waals surface area contributed by atoms with Crippen molar-refractivity contribution in [2.24, 2.45) is 0 Å². The highest BCUT2D eigenvalue weighted by atomic mass is 35.5. The number of aryl methyl sites for hydroxylation is 1. The normalized spacial score (nSPS) is 11.9. The van der Waals surface area contributed by atoms with E-state index in [4.69, 9.17) is 27.4 Å². The number of pyridine rings is 1. The molecule has 0 aliphatic carbocycles. The Bertz CT molecular complexity index is 1100. The molecule has 26 heavy (non-hydrogen) atoms. The van der Waals surface area contributed by atoms with Crippen molar-refractivity contribution in [3.8, 4) is 5.75 Å². The summed E-state index contributed by atoms with van der Waals surface area (Å²) >= 11 is 12.4. The summed E-state index contributed by atoms with van der Waals surface area (Å²) in [6.45, 7) is 5.71. The van der Waals surface area contributed by atoms with Crippen LogP contribution in [0.3, 0.4) is 0 Å². The Morgan fingerprint density at radius 2 is 1.81 bits per heavy atom. The van der Waals surface area contributed by atoms with Gasteiger partial charge in [0.2, 0.25) is 0 Å². The van der Waals surface area contributed by atoms with E-state index < -0.39 is 10.1 Å². The second-order valence-corrected chi connectivity index (χ2v) is 8.62. The van der Waals surface area contributed by atoms with E-state index in [0.717, 1.165) is 5.56 Å². The predicted octanol–water partition coefficient (Wildman–Crippen LogP) is 5.74. The van der Waals surface area contributed by atoms with Gasteiger partial charge in [0, 0.05) is 11.6 Å². The molecule has 136 valence electrons. The van der Waals surface area contributed by atoms with E-state index in [-0.39, 0.29) is 21.6 Å². The average Bonchev–Trinajstić information content (AvgIpc) is 2.58. The minimum atomic E-state index is -4.09. The van der Waals surface area contributed by atoms with E-state index >= 15 is 0 Å². The van der Waals surface area contributed by atoms with E-state index in [1.54, 1.807) is 31.2 Å². The molecule has 0 amide bonds. The van der Waals surface area contributed by atoms with Crippen LogP contribution in [0.25, 0.3) is 10.9 Å². The Morgan fingerprint density at radius 1 is 1.08 bits per heavy atom. The average molecular weight is 410 g/mol. The molecular formula is C19H17Cl2NO3S. The van der Waals surface area contributed by atoms with Gasteiger partial charge in [-0.05, 0) is 48.2 Å². The van der Waals surface area contributed by atoms with E-state index in [1.807, 2.05) is 19.9 Å². The lowest BCUT2D eigenvalue weighted by Crippen LogP contribution is -2.13. The number of hydrogen-bond donors (Lipinski definition) is 0. The Kier molecular flexibility index (Phi) is 5.15. The van der Waals surface area contributed by atoms with E-state index in [9.17, 15) is 8.42 Å². The first kappa shape index (κ1) is 19.0. The quantitative estimate of drug-likeness (QED) is 0.515. The third-order valence-electron chi connectivity index (χ3n) is 4.09. The van der Waals surface area contributed by atoms with Crippen LogP contribution < -0.4 is 4.18 Å². The van der Waals surface area contributed by atoms with Crippen molar-refractivity contribution < 1.29 is 12.6 Å². The zero-order valence-corrected chi connectivity index (χ0v) is 16.8. The number of halogens is 2. The molecule has 1 heterocycles. The molecule has 0 spiro atoms. The summed E-state index contributed by atoms with van der Waals surface area (Å²) in [6.07, 6.45) is 1.53. The minimum absolute atomic E-state index is 0.0268. The van der Waals surface area contributed by atoms with Crippen molar-refractivity contribution >= 4 is 44.2 Å². The molecule has 3 aromatic rings. The summed E-state index contributed by atoms with van der Waals surface area (Å²) in [6, 6.07) is 10.2. The monoisotopic (exact) mass is 409 g/mol. The Hall–Kier alpha value is -1.82. The minimum Gasteiger partial charge on any atom is -0.375 e. The fraction of sp³-hybridized carbons (Fsp3) is 0.211. The highest BCUT2D eigenvalue weighted by Gasteiger charge is 2.24. The molecule has 1 aromatic heterocycles. The van der Waals surface area contributed by atoms with Gasteiger partial charge in [-0.2, -0.15) is 8.42 Å². The second-order valence-electron chi connectivity index (χ2n) is 6.29. The smallest absolute Gasteiger partial charge is 0.339 e. The molecule has 0 unspecified atom stereocenters. The summed E-state index contributed by atoms with van der Waals surface area (Å²) in [5, 5.41) is 1.03. The maximum Gasteiger partial charge on any atom is 0.339 e. The van der Waals surface area contributed by atoms with Crippen LogP contribution in [0.1, 0.15) is 30.9 Å². The largest absolute Gasteiger partial charge is 0.375 e. The van der Waals surface area contributed by atoms with Crippen LogP contribution in [0.5, 0.6) is 5.75 Å². The van der Waals surface area contributed by atoms with Crippen LogP contribution in [0.2, 0.25) is 10.0 Å². The van der Waals surface area contributed by atoms with Crippen LogP contribution in [0, 0.1) is 6.92 Å². The summed E-state index contributed by atoms with van der Waals surface area (Å²) < 4.78 is 31.3. The summed E-state index contributed by atoms with van der Waals surface area (Å²) in [5.74, 6) is 0.159. The molecule has 0 fully saturated rings. The number of fused-ring (bicyclic) bond motifs is 1. The van der Waals surface area contributed by atoms with Crippen molar-refractivity contribution in [2.45, 2.75) is 31.6 Å². The maximum atomic E-state index is 12.9. The molecule has 0 N–H and O–H groups in total. The lowest BCUT2D eigenvalue weighted by molar-refractivity contribution is 0.487. The van der Waals surface area contributed by atoms with Gasteiger partial charge in [-0.25, -0.2) is 0 Å². The molecular weight excluding hydrogens is 393 g/mol. The molecule has 0 aliphatic rings. The van der Waals surface area contributed by atoms with Crippen molar-refractivity contribution in [3.63, 3.8) is 0 Å². The lowest BCUT2D eigenvalue weighted by atomic mass is 10.0. The molecule has 3 rings (SSSR count). The van der Waals surface area contributed by atoms with Crippen molar-refractivity contribution in [1.29, 1.82) is 0 Å². The predicted molar refractivity (Wildman–Crippen MR) is 105 cm³/mol. The number of aromatic nitrogens is 1. The molecule has 0 atom stereocenters. The van der Waals surface area contributed by atoms with Crippen LogP contribution >= 0.6 is 23.2 Å². The van der Waals surface area contributed by atoms with Crippen LogP contribution in [0.4, 0.5) is 0 Å². The molecule has 0 saturated heterocycles. The topological polar surface area (TPSA) is 56.3 Å². The number of benzene rings is 2. The molecule has 2 aromatic carbocycles. The summed E-state index contributed by atoms with van der Waals surface area (Å²) in [5.41, 5.74) is 1.80. The van der Waals surface area contributed by atoms with Crippen molar-refractivity contribution in [3.05, 3.63) is 63.8 Å². The standard InChI is InChI=1S/C19H17Cl2NO3S/c1-11(2)13-7-6-12(3)17(9-13)26(23,24)25-19-16(21)10-15(20)14-5-4-8-22-18(14)19/h4-11H,1-3H3. The van der Waals surface area contributed by atoms with Gasteiger partial charge in [0.25, 0.3) is 0 Å². The molecule has 7 heteroatoms. The summed E-state index contributed by atoms with van der Waals surface area (Å²) in [4.78, 5) is 4.30. The van der Waals surface area contributed by atoms with E-state index in [0.29, 0.717) is 21.5 Å². The third kappa shape index (κ3) is 3.52. The van der Waals surface area contributed by atoms with E-state index in [2.05, 4.69) is 4.98 Å². The molecule has 4 nitrogen and oxygen atoms in total. The fourth-order valence-electron chi connectivity index (χ4n) is 2.63. The Labute approximate surface area is 162 Å². The molecule has 0 saturated carbocycles. The molecule has 0 bridgehead atoms. The van der Waals surface area contributed by atoms with Crippen LogP contribution in [-0.2, 0) is 10.1 Å². The molecule has 0 radical (unpaired) electrons. The maximum absolute atomic E-state index is 12.9. The SMILES string of the molecule is Cc1ccc(C(C)C)cc1S(=O)(=O)Oc1c(Cl)cc(Cl)c2cccnc12. The van der Waals surface area contributed by atoms with Crippen LogP contribution in [0.15, 0.2) is 47.5 Å². The van der Waals surface area contributed by atoms with Gasteiger partial charge < -0.3 is 4.18 Å². The second kappa shape index (κ2) is 7.06. The number of nitrogens with zero attached hydrogens (tertiary/aromatic N) is 1. The van der Waals surface area contributed by atoms with Gasteiger partial charge in [-0.3, -0.25) is 4.98 Å². The third-order valence-corrected chi connectivity index (χ3v) is 6.05. The first-order valence-corrected chi connectivity index (χ1v) is 10.1.